The van der Waals surface area contributed by atoms with Gasteiger partial charge in [0.05, 0.1) is 12.7 Å². The quantitative estimate of drug-likeness (QED) is 0.463. The van der Waals surface area contributed by atoms with E-state index >= 15 is 0 Å². The molecule has 0 aromatic heterocycles. The first-order valence-electron chi connectivity index (χ1n) is 7.07. The highest BCUT2D eigenvalue weighted by Gasteiger charge is 2.14. The van der Waals surface area contributed by atoms with Crippen LogP contribution in [0.1, 0.15) is 52.9 Å². The van der Waals surface area contributed by atoms with Gasteiger partial charge in [-0.05, 0) is 40.0 Å². The van der Waals surface area contributed by atoms with Gasteiger partial charge in [-0.1, -0.05) is 12.8 Å². The molecule has 0 aliphatic rings. The van der Waals surface area contributed by atoms with Crippen molar-refractivity contribution in [1.29, 1.82) is 0 Å². The monoisotopic (exact) mass is 290 g/mol. The lowest BCUT2D eigenvalue weighted by molar-refractivity contribution is -0.157. The fourth-order valence-electron chi connectivity index (χ4n) is 1.54. The number of carbonyl (C=O) groups excluding carboxylic acids is 2. The zero-order valence-corrected chi connectivity index (χ0v) is 12.5. The number of aliphatic hydroxyl groups excluding tert-OH is 2. The molecule has 0 heterocycles. The minimum absolute atomic E-state index is 0.204. The second-order valence-electron chi connectivity index (χ2n) is 4.97. The summed E-state index contributed by atoms with van der Waals surface area (Å²) in [6.07, 6.45) is 1.89. The summed E-state index contributed by atoms with van der Waals surface area (Å²) >= 11 is 0. The molecule has 0 fully saturated rings. The number of hydrogen-bond acceptors (Lipinski definition) is 6. The van der Waals surface area contributed by atoms with Gasteiger partial charge in [0.2, 0.25) is 0 Å². The lowest BCUT2D eigenvalue weighted by Gasteiger charge is -2.14. The molecule has 0 rings (SSSR count). The van der Waals surface area contributed by atoms with Crippen LogP contribution in [0.25, 0.3) is 0 Å². The second kappa shape index (κ2) is 10.6. The molecule has 6 heteroatoms. The maximum Gasteiger partial charge on any atom is 0.334 e. The zero-order valence-electron chi connectivity index (χ0n) is 12.5. The van der Waals surface area contributed by atoms with Crippen LogP contribution in [-0.2, 0) is 19.1 Å². The number of aliphatic hydroxyl groups is 2. The van der Waals surface area contributed by atoms with E-state index in [1.54, 1.807) is 6.92 Å². The van der Waals surface area contributed by atoms with E-state index in [1.165, 1.54) is 13.8 Å². The highest BCUT2D eigenvalue weighted by molar-refractivity contribution is 5.74. The Balaban J connectivity index is 3.44. The normalized spacial score (nSPS) is 15.2. The third-order valence-corrected chi connectivity index (χ3v) is 2.75. The van der Waals surface area contributed by atoms with Gasteiger partial charge < -0.3 is 19.7 Å². The summed E-state index contributed by atoms with van der Waals surface area (Å²) in [6, 6.07) is 0. The number of carbonyl (C=O) groups is 2. The van der Waals surface area contributed by atoms with Crippen molar-refractivity contribution in [1.82, 2.24) is 0 Å². The first-order chi connectivity index (χ1) is 9.34. The van der Waals surface area contributed by atoms with Crippen molar-refractivity contribution < 1.29 is 29.3 Å². The Morgan fingerprint density at radius 1 is 0.900 bits per heavy atom. The van der Waals surface area contributed by atoms with Gasteiger partial charge in [0.1, 0.15) is 12.2 Å². The molecule has 0 spiro atoms. The highest BCUT2D eigenvalue weighted by atomic mass is 16.6. The minimum atomic E-state index is -1.08. The van der Waals surface area contributed by atoms with Crippen molar-refractivity contribution in [3.05, 3.63) is 0 Å². The molecule has 118 valence electrons. The Hall–Kier alpha value is -1.14. The summed E-state index contributed by atoms with van der Waals surface area (Å²) in [5.74, 6) is -1.19. The zero-order chi connectivity index (χ0) is 15.5. The molecule has 0 amide bonds. The van der Waals surface area contributed by atoms with Gasteiger partial charge in [-0.25, -0.2) is 9.59 Å². The summed E-state index contributed by atoms with van der Waals surface area (Å²) < 4.78 is 9.84. The molecule has 0 saturated carbocycles. The molecule has 0 radical (unpaired) electrons. The van der Waals surface area contributed by atoms with E-state index in [0.29, 0.717) is 6.61 Å². The average Bonchev–Trinajstić information content (AvgIpc) is 2.36. The van der Waals surface area contributed by atoms with Crippen molar-refractivity contribution in [2.75, 3.05) is 6.61 Å². The maximum absolute atomic E-state index is 11.1. The Kier molecular flexibility index (Phi) is 10.0. The number of hydrogen-bond donors (Lipinski definition) is 2. The molecule has 20 heavy (non-hydrogen) atoms. The van der Waals surface area contributed by atoms with Crippen LogP contribution in [0.5, 0.6) is 0 Å². The predicted molar refractivity (Wildman–Crippen MR) is 73.0 cm³/mol. The van der Waals surface area contributed by atoms with Crippen LogP contribution in [-0.4, -0.2) is 47.1 Å². The largest absolute Gasteiger partial charge is 0.464 e. The molecule has 0 aliphatic carbocycles. The minimum Gasteiger partial charge on any atom is -0.464 e. The van der Waals surface area contributed by atoms with E-state index in [9.17, 15) is 9.59 Å². The molecule has 6 nitrogen and oxygen atoms in total. The SMILES string of the molecule is CC(CCCCCCOC(=O)C(C)O)OC(=O)C(C)O. The molecule has 0 bridgehead atoms. The Morgan fingerprint density at radius 3 is 2.00 bits per heavy atom. The standard InChI is InChI=1S/C14H26O6/c1-10(20-14(18)12(3)16)8-6-4-5-7-9-19-13(17)11(2)15/h10-12,15-16H,4-9H2,1-3H3. The van der Waals surface area contributed by atoms with Crippen molar-refractivity contribution in [3.8, 4) is 0 Å². The Labute approximate surface area is 120 Å². The lowest BCUT2D eigenvalue weighted by Crippen LogP contribution is -2.24. The molecular formula is C14H26O6. The molecule has 0 aromatic carbocycles. The molecule has 0 aromatic rings. The van der Waals surface area contributed by atoms with Crippen LogP contribution < -0.4 is 0 Å². The van der Waals surface area contributed by atoms with Crippen LogP contribution in [0, 0.1) is 0 Å². The van der Waals surface area contributed by atoms with Gasteiger partial charge in [0, 0.05) is 0 Å². The molecule has 0 saturated heterocycles. The van der Waals surface area contributed by atoms with Crippen molar-refractivity contribution >= 4 is 11.9 Å². The van der Waals surface area contributed by atoms with E-state index in [4.69, 9.17) is 19.7 Å². The topological polar surface area (TPSA) is 93.1 Å². The van der Waals surface area contributed by atoms with Gasteiger partial charge in [-0.2, -0.15) is 0 Å². The van der Waals surface area contributed by atoms with Crippen LogP contribution in [0.15, 0.2) is 0 Å². The smallest absolute Gasteiger partial charge is 0.334 e. The Bertz CT molecular complexity index is 287. The highest BCUT2D eigenvalue weighted by Crippen LogP contribution is 2.09. The van der Waals surface area contributed by atoms with Crippen molar-refractivity contribution in [2.45, 2.75) is 71.2 Å². The first kappa shape index (κ1) is 18.9. The summed E-state index contributed by atoms with van der Waals surface area (Å²) in [6.45, 7) is 4.86. The van der Waals surface area contributed by atoms with Gasteiger partial charge in [0.15, 0.2) is 0 Å². The molecular weight excluding hydrogens is 264 g/mol. The lowest BCUT2D eigenvalue weighted by atomic mass is 10.1. The summed E-state index contributed by atoms with van der Waals surface area (Å²) in [5, 5.41) is 17.9. The molecule has 0 aliphatic heterocycles. The van der Waals surface area contributed by atoms with E-state index in [1.807, 2.05) is 0 Å². The number of unbranched alkanes of at least 4 members (excludes halogenated alkanes) is 3. The van der Waals surface area contributed by atoms with Gasteiger partial charge in [-0.3, -0.25) is 0 Å². The van der Waals surface area contributed by atoms with Crippen LogP contribution in [0.4, 0.5) is 0 Å². The summed E-state index contributed by atoms with van der Waals surface area (Å²) in [5.41, 5.74) is 0. The molecule has 2 N–H and O–H groups in total. The van der Waals surface area contributed by atoms with E-state index in [0.717, 1.165) is 32.1 Å². The maximum atomic E-state index is 11.1. The Morgan fingerprint density at radius 2 is 1.45 bits per heavy atom. The molecule has 3 atom stereocenters. The second-order valence-corrected chi connectivity index (χ2v) is 4.97. The van der Waals surface area contributed by atoms with Crippen LogP contribution in [0.3, 0.4) is 0 Å². The van der Waals surface area contributed by atoms with Crippen molar-refractivity contribution in [3.63, 3.8) is 0 Å². The van der Waals surface area contributed by atoms with Gasteiger partial charge in [-0.15, -0.1) is 0 Å². The fraction of sp³-hybridized carbons (Fsp3) is 0.857. The van der Waals surface area contributed by atoms with Crippen LogP contribution >= 0.6 is 0 Å². The van der Waals surface area contributed by atoms with Crippen molar-refractivity contribution in [2.24, 2.45) is 0 Å². The molecule has 3 unspecified atom stereocenters. The van der Waals surface area contributed by atoms with Gasteiger partial charge in [0.25, 0.3) is 0 Å². The van der Waals surface area contributed by atoms with E-state index < -0.39 is 24.1 Å². The average molecular weight is 290 g/mol. The van der Waals surface area contributed by atoms with Crippen LogP contribution in [0.2, 0.25) is 0 Å². The van der Waals surface area contributed by atoms with E-state index in [-0.39, 0.29) is 6.10 Å². The number of rotatable bonds is 10. The van der Waals surface area contributed by atoms with Gasteiger partial charge >= 0.3 is 11.9 Å². The van der Waals surface area contributed by atoms with E-state index in [2.05, 4.69) is 0 Å². The fourth-order valence-corrected chi connectivity index (χ4v) is 1.54. The third-order valence-electron chi connectivity index (χ3n) is 2.75. The number of esters is 2. The summed E-state index contributed by atoms with van der Waals surface area (Å²) in [4.78, 5) is 22.0. The first-order valence-corrected chi connectivity index (χ1v) is 7.07. The predicted octanol–water partition coefficient (Wildman–Crippen LogP) is 1.17. The summed E-state index contributed by atoms with van der Waals surface area (Å²) in [7, 11) is 0. The third kappa shape index (κ3) is 9.75. The number of ether oxygens (including phenoxy) is 2.